The van der Waals surface area contributed by atoms with E-state index in [1.165, 1.54) is 30.4 Å². The molecule has 5 nitrogen and oxygen atoms in total. The van der Waals surface area contributed by atoms with E-state index in [1.54, 1.807) is 7.11 Å². The lowest BCUT2D eigenvalue weighted by Crippen LogP contribution is -2.38. The minimum atomic E-state index is -0.499. The van der Waals surface area contributed by atoms with E-state index in [9.17, 15) is 5.11 Å². The van der Waals surface area contributed by atoms with Gasteiger partial charge in [0.15, 0.2) is 11.5 Å². The van der Waals surface area contributed by atoms with Crippen molar-refractivity contribution in [2.24, 2.45) is 0 Å². The summed E-state index contributed by atoms with van der Waals surface area (Å²) in [5, 5.41) is 13.8. The molecule has 0 radical (unpaired) electrons. The van der Waals surface area contributed by atoms with Crippen LogP contribution in [-0.2, 0) is 13.1 Å². The van der Waals surface area contributed by atoms with Crippen molar-refractivity contribution in [1.29, 1.82) is 0 Å². The maximum atomic E-state index is 10.4. The minimum absolute atomic E-state index is 0.271. The zero-order chi connectivity index (χ0) is 20.5. The number of ether oxygens (including phenoxy) is 2. The van der Waals surface area contributed by atoms with Crippen LogP contribution in [0.15, 0.2) is 42.5 Å². The molecule has 2 aromatic carbocycles. The van der Waals surface area contributed by atoms with E-state index in [0.717, 1.165) is 31.7 Å². The molecular formula is C24H34N2O3. The molecule has 1 aliphatic heterocycles. The van der Waals surface area contributed by atoms with Crippen LogP contribution in [0.2, 0.25) is 0 Å². The van der Waals surface area contributed by atoms with Gasteiger partial charge in [-0.25, -0.2) is 0 Å². The summed E-state index contributed by atoms with van der Waals surface area (Å²) in [7, 11) is 1.64. The number of nitrogens with zero attached hydrogens (tertiary/aromatic N) is 1. The van der Waals surface area contributed by atoms with E-state index in [0.29, 0.717) is 18.0 Å². The zero-order valence-electron chi connectivity index (χ0n) is 17.7. The van der Waals surface area contributed by atoms with E-state index in [2.05, 4.69) is 41.4 Å². The second kappa shape index (κ2) is 11.2. The topological polar surface area (TPSA) is 54.0 Å². The Labute approximate surface area is 174 Å². The van der Waals surface area contributed by atoms with Gasteiger partial charge in [-0.05, 0) is 56.1 Å². The Balaban J connectivity index is 1.51. The number of nitrogens with one attached hydrogen (secondary N) is 1. The average molecular weight is 399 g/mol. The quantitative estimate of drug-likeness (QED) is 0.641. The summed E-state index contributed by atoms with van der Waals surface area (Å²) in [6.45, 7) is 6.75. The second-order valence-corrected chi connectivity index (χ2v) is 7.90. The Morgan fingerprint density at radius 2 is 1.76 bits per heavy atom. The first kappa shape index (κ1) is 21.6. The molecule has 1 aliphatic rings. The van der Waals surface area contributed by atoms with Gasteiger partial charge in [0.25, 0.3) is 0 Å². The van der Waals surface area contributed by atoms with Crippen LogP contribution in [-0.4, -0.2) is 49.5 Å². The first-order valence-electron chi connectivity index (χ1n) is 10.6. The summed E-state index contributed by atoms with van der Waals surface area (Å²) < 4.78 is 11.4. The Morgan fingerprint density at radius 3 is 2.48 bits per heavy atom. The first-order chi connectivity index (χ1) is 14.1. The van der Waals surface area contributed by atoms with Gasteiger partial charge < -0.3 is 24.8 Å². The third-order valence-electron chi connectivity index (χ3n) is 5.32. The number of hydrogen-bond donors (Lipinski definition) is 2. The maximum Gasteiger partial charge on any atom is 0.161 e. The molecule has 1 saturated heterocycles. The highest BCUT2D eigenvalue weighted by atomic mass is 16.5. The molecule has 2 N–H and O–H groups in total. The van der Waals surface area contributed by atoms with Gasteiger partial charge in [0.1, 0.15) is 12.7 Å². The van der Waals surface area contributed by atoms with Crippen LogP contribution in [0.3, 0.4) is 0 Å². The molecule has 1 fully saturated rings. The fraction of sp³-hybridized carbons (Fsp3) is 0.500. The molecule has 0 bridgehead atoms. The molecule has 0 spiro atoms. The normalized spacial score (nSPS) is 15.8. The van der Waals surface area contributed by atoms with Crippen molar-refractivity contribution in [3.63, 3.8) is 0 Å². The maximum absolute atomic E-state index is 10.4. The number of hydrogen-bond acceptors (Lipinski definition) is 5. The molecule has 2 aromatic rings. The number of aliphatic hydroxyl groups is 1. The number of β-amino-alcohol motifs (C(OH)–C–C–N with tert-alkyl or cyclic N) is 1. The SMILES string of the molecule is COc1ccc(CNCc2cccc(C)c2)cc1OC[C@H](O)CN1CCCCC1. The van der Waals surface area contributed by atoms with Crippen LogP contribution in [0.25, 0.3) is 0 Å². The summed E-state index contributed by atoms with van der Waals surface area (Å²) in [4.78, 5) is 2.32. The summed E-state index contributed by atoms with van der Waals surface area (Å²) in [5.41, 5.74) is 3.67. The van der Waals surface area contributed by atoms with Crippen molar-refractivity contribution in [3.8, 4) is 11.5 Å². The fourth-order valence-corrected chi connectivity index (χ4v) is 3.80. The van der Waals surface area contributed by atoms with Crippen molar-refractivity contribution in [2.75, 3.05) is 33.4 Å². The molecule has 0 saturated carbocycles. The predicted octanol–water partition coefficient (Wildman–Crippen LogP) is 3.52. The van der Waals surface area contributed by atoms with Crippen LogP contribution >= 0.6 is 0 Å². The molecule has 5 heteroatoms. The average Bonchev–Trinajstić information content (AvgIpc) is 2.73. The van der Waals surface area contributed by atoms with Gasteiger partial charge in [0.05, 0.1) is 7.11 Å². The molecule has 0 aromatic heterocycles. The van der Waals surface area contributed by atoms with Gasteiger partial charge >= 0.3 is 0 Å². The van der Waals surface area contributed by atoms with E-state index >= 15 is 0 Å². The molecule has 1 heterocycles. The molecule has 0 unspecified atom stereocenters. The van der Waals surface area contributed by atoms with Gasteiger partial charge in [0, 0.05) is 19.6 Å². The lowest BCUT2D eigenvalue weighted by molar-refractivity contribution is 0.0608. The van der Waals surface area contributed by atoms with Crippen LogP contribution < -0.4 is 14.8 Å². The number of aryl methyl sites for hydroxylation is 1. The smallest absolute Gasteiger partial charge is 0.161 e. The molecule has 1 atom stereocenters. The Kier molecular flexibility index (Phi) is 8.35. The van der Waals surface area contributed by atoms with Crippen LogP contribution in [0, 0.1) is 6.92 Å². The van der Waals surface area contributed by atoms with Crippen LogP contribution in [0.5, 0.6) is 11.5 Å². The number of aliphatic hydroxyl groups excluding tert-OH is 1. The van der Waals surface area contributed by atoms with E-state index in [4.69, 9.17) is 9.47 Å². The largest absolute Gasteiger partial charge is 0.493 e. The summed E-state index contributed by atoms with van der Waals surface area (Å²) >= 11 is 0. The highest BCUT2D eigenvalue weighted by Crippen LogP contribution is 2.28. The minimum Gasteiger partial charge on any atom is -0.493 e. The zero-order valence-corrected chi connectivity index (χ0v) is 17.7. The number of rotatable bonds is 10. The lowest BCUT2D eigenvalue weighted by atomic mass is 10.1. The highest BCUT2D eigenvalue weighted by molar-refractivity contribution is 5.43. The van der Waals surface area contributed by atoms with E-state index in [1.807, 2.05) is 18.2 Å². The van der Waals surface area contributed by atoms with Crippen LogP contribution in [0.1, 0.15) is 36.0 Å². The molecule has 0 amide bonds. The van der Waals surface area contributed by atoms with Gasteiger partial charge in [-0.3, -0.25) is 0 Å². The number of benzene rings is 2. The summed E-state index contributed by atoms with van der Waals surface area (Å²) in [5.74, 6) is 1.37. The fourth-order valence-electron chi connectivity index (χ4n) is 3.80. The Bertz CT molecular complexity index is 760. The van der Waals surface area contributed by atoms with E-state index in [-0.39, 0.29) is 6.61 Å². The van der Waals surface area contributed by atoms with Crippen molar-refractivity contribution in [2.45, 2.75) is 45.4 Å². The van der Waals surface area contributed by atoms with Gasteiger partial charge in [-0.2, -0.15) is 0 Å². The van der Waals surface area contributed by atoms with Crippen molar-refractivity contribution < 1.29 is 14.6 Å². The van der Waals surface area contributed by atoms with Gasteiger partial charge in [-0.1, -0.05) is 42.3 Å². The molecule has 3 rings (SSSR count). The monoisotopic (exact) mass is 398 g/mol. The predicted molar refractivity (Wildman–Crippen MR) is 117 cm³/mol. The number of methoxy groups -OCH3 is 1. The molecule has 158 valence electrons. The summed E-state index contributed by atoms with van der Waals surface area (Å²) in [6.07, 6.45) is 3.24. The van der Waals surface area contributed by atoms with Crippen molar-refractivity contribution in [1.82, 2.24) is 10.2 Å². The molecule has 29 heavy (non-hydrogen) atoms. The third-order valence-corrected chi connectivity index (χ3v) is 5.32. The van der Waals surface area contributed by atoms with Crippen LogP contribution in [0.4, 0.5) is 0 Å². The Hall–Kier alpha value is -2.08. The first-order valence-corrected chi connectivity index (χ1v) is 10.6. The molecular weight excluding hydrogens is 364 g/mol. The van der Waals surface area contributed by atoms with Gasteiger partial charge in [0.2, 0.25) is 0 Å². The summed E-state index contributed by atoms with van der Waals surface area (Å²) in [6, 6.07) is 14.5. The van der Waals surface area contributed by atoms with Crippen molar-refractivity contribution in [3.05, 3.63) is 59.2 Å². The molecule has 0 aliphatic carbocycles. The Morgan fingerprint density at radius 1 is 1.00 bits per heavy atom. The highest BCUT2D eigenvalue weighted by Gasteiger charge is 2.16. The standard InChI is InChI=1S/C24H34N2O3/c1-19-7-6-8-20(13-19)15-25-16-21-9-10-23(28-2)24(14-21)29-18-22(27)17-26-11-4-3-5-12-26/h6-10,13-14,22,25,27H,3-5,11-12,15-18H2,1-2H3/t22-/m1/s1. The van der Waals surface area contributed by atoms with Gasteiger partial charge in [-0.15, -0.1) is 0 Å². The lowest BCUT2D eigenvalue weighted by Gasteiger charge is -2.28. The van der Waals surface area contributed by atoms with E-state index < -0.39 is 6.10 Å². The van der Waals surface area contributed by atoms with Crippen molar-refractivity contribution >= 4 is 0 Å². The number of likely N-dealkylation sites (tertiary alicyclic amines) is 1. The second-order valence-electron chi connectivity index (χ2n) is 7.90. The number of piperidine rings is 1. The third kappa shape index (κ3) is 7.03.